The van der Waals surface area contributed by atoms with Crippen molar-refractivity contribution in [2.75, 3.05) is 13.2 Å². The van der Waals surface area contributed by atoms with E-state index in [1.807, 2.05) is 6.08 Å². The van der Waals surface area contributed by atoms with Gasteiger partial charge in [0.1, 0.15) is 13.2 Å². The van der Waals surface area contributed by atoms with Crippen molar-refractivity contribution in [1.29, 1.82) is 0 Å². The average molecular weight is 1090 g/mol. The van der Waals surface area contributed by atoms with Crippen LogP contribution in [-0.2, 0) is 28.6 Å². The molecule has 0 bridgehead atoms. The molecule has 0 aromatic rings. The lowest BCUT2D eigenvalue weighted by atomic mass is 10.1. The van der Waals surface area contributed by atoms with E-state index in [-0.39, 0.29) is 37.5 Å². The second kappa shape index (κ2) is 65.8. The molecule has 6 heteroatoms. The number of unbranched alkanes of at least 4 members (excludes halogenated alkanes) is 22. The molecule has 0 aromatic carbocycles. The highest BCUT2D eigenvalue weighted by atomic mass is 16.6. The third-order valence-corrected chi connectivity index (χ3v) is 13.3. The Balaban J connectivity index is 4.41. The minimum Gasteiger partial charge on any atom is -0.462 e. The van der Waals surface area contributed by atoms with Crippen molar-refractivity contribution >= 4 is 17.9 Å². The second-order valence-corrected chi connectivity index (χ2v) is 20.9. The van der Waals surface area contributed by atoms with Gasteiger partial charge in [0.25, 0.3) is 0 Å². The maximum Gasteiger partial charge on any atom is 0.306 e. The van der Waals surface area contributed by atoms with Crippen LogP contribution in [0.15, 0.2) is 146 Å². The summed E-state index contributed by atoms with van der Waals surface area (Å²) in [5, 5.41) is 0. The molecule has 0 amide bonds. The van der Waals surface area contributed by atoms with Gasteiger partial charge < -0.3 is 14.2 Å². The van der Waals surface area contributed by atoms with E-state index in [4.69, 9.17) is 14.2 Å². The summed E-state index contributed by atoms with van der Waals surface area (Å²) in [7, 11) is 0. The molecule has 0 N–H and O–H groups in total. The molecule has 0 aliphatic heterocycles. The van der Waals surface area contributed by atoms with Crippen LogP contribution in [0.4, 0.5) is 0 Å². The maximum atomic E-state index is 12.9. The van der Waals surface area contributed by atoms with E-state index in [0.29, 0.717) is 19.3 Å². The molecule has 0 radical (unpaired) electrons. The van der Waals surface area contributed by atoms with Crippen LogP contribution in [0.5, 0.6) is 0 Å². The van der Waals surface area contributed by atoms with E-state index >= 15 is 0 Å². The van der Waals surface area contributed by atoms with Crippen molar-refractivity contribution in [2.24, 2.45) is 0 Å². The van der Waals surface area contributed by atoms with Gasteiger partial charge in [0.05, 0.1) is 0 Å². The summed E-state index contributed by atoms with van der Waals surface area (Å²) in [6.07, 6.45) is 94.4. The van der Waals surface area contributed by atoms with Crippen molar-refractivity contribution in [2.45, 2.75) is 284 Å². The molecule has 0 aliphatic rings. The fourth-order valence-electron chi connectivity index (χ4n) is 8.55. The summed E-state index contributed by atoms with van der Waals surface area (Å²) < 4.78 is 16.8. The van der Waals surface area contributed by atoms with Gasteiger partial charge in [-0.3, -0.25) is 14.4 Å². The molecule has 1 atom stereocenters. The largest absolute Gasteiger partial charge is 0.462 e. The number of hydrogen-bond acceptors (Lipinski definition) is 6. The van der Waals surface area contributed by atoms with Crippen LogP contribution in [-0.4, -0.2) is 37.2 Å². The third-order valence-electron chi connectivity index (χ3n) is 13.3. The van der Waals surface area contributed by atoms with Crippen molar-refractivity contribution in [3.05, 3.63) is 146 Å². The molecule has 0 saturated carbocycles. The van der Waals surface area contributed by atoms with Crippen LogP contribution >= 0.6 is 0 Å². The van der Waals surface area contributed by atoms with E-state index < -0.39 is 6.10 Å². The Kier molecular flexibility index (Phi) is 61.9. The first kappa shape index (κ1) is 74.3. The molecule has 1 unspecified atom stereocenters. The van der Waals surface area contributed by atoms with Gasteiger partial charge in [-0.25, -0.2) is 0 Å². The number of carbonyl (C=O) groups excluding carboxylic acids is 3. The standard InChI is InChI=1S/C73H118O6/c1-4-7-10-13-16-19-22-25-27-29-31-33-35-36-38-39-41-43-45-48-51-54-57-60-63-66-72(75)78-69-70(68-77-71(74)65-62-59-56-53-50-47-24-21-18-15-12-9-6-3)79-73(76)67-64-61-58-55-52-49-46-44-42-40-37-34-32-30-28-26-23-20-17-14-11-8-5-2/h7,9-10,12,16,18-19,21,23,25-27,30-33,36-38,40,47,50,56,59,70H,4-6,8,11,13-15,17,20,22,24,28-29,34-35,39,41-46,48-49,51-55,57-58,60-69H2,1-3H3/b10-7-,12-9-,19-16-,21-18-,26-23-,27-25-,32-30-,33-31-,38-36-,40-37-,50-47-,59-56-. The molecule has 446 valence electrons. The van der Waals surface area contributed by atoms with Crippen molar-refractivity contribution in [3.8, 4) is 0 Å². The first-order chi connectivity index (χ1) is 39.0. The molecule has 79 heavy (non-hydrogen) atoms. The van der Waals surface area contributed by atoms with E-state index in [9.17, 15) is 14.4 Å². The zero-order chi connectivity index (χ0) is 57.1. The summed E-state index contributed by atoms with van der Waals surface area (Å²) in [6, 6.07) is 0. The van der Waals surface area contributed by atoms with E-state index in [1.54, 1.807) is 0 Å². The first-order valence-corrected chi connectivity index (χ1v) is 32.3. The monoisotopic (exact) mass is 1090 g/mol. The fraction of sp³-hybridized carbons (Fsp3) is 0.630. The molecule has 0 fully saturated rings. The van der Waals surface area contributed by atoms with Gasteiger partial charge in [-0.15, -0.1) is 0 Å². The molecule has 0 aliphatic carbocycles. The van der Waals surface area contributed by atoms with Gasteiger partial charge in [-0.05, 0) is 128 Å². The number of hydrogen-bond donors (Lipinski definition) is 0. The topological polar surface area (TPSA) is 78.9 Å². The molecular formula is C73H118O6. The zero-order valence-electron chi connectivity index (χ0n) is 51.1. The number of rotatable bonds is 57. The SMILES string of the molecule is CC/C=C\C/C=C\C/C=C\C/C=C\C/C=C\CCCCCCCCCCCC(=O)OCC(COC(=O)CC/C=C\C/C=C\C/C=C\C/C=C\CC)OC(=O)CCCCCCCCCC/C=C\C/C=C\C/C=C\CCCCCCC. The van der Waals surface area contributed by atoms with Crippen molar-refractivity contribution < 1.29 is 28.6 Å². The number of carbonyl (C=O) groups is 3. The quantitative estimate of drug-likeness (QED) is 0.0261. The van der Waals surface area contributed by atoms with Gasteiger partial charge in [-0.1, -0.05) is 276 Å². The second-order valence-electron chi connectivity index (χ2n) is 20.9. The lowest BCUT2D eigenvalue weighted by Crippen LogP contribution is -2.30. The lowest BCUT2D eigenvalue weighted by molar-refractivity contribution is -0.166. The molecule has 0 rings (SSSR count). The Bertz CT molecular complexity index is 1730. The highest BCUT2D eigenvalue weighted by Crippen LogP contribution is 2.15. The molecule has 0 saturated heterocycles. The van der Waals surface area contributed by atoms with Crippen LogP contribution in [0.3, 0.4) is 0 Å². The highest BCUT2D eigenvalue weighted by Gasteiger charge is 2.19. The van der Waals surface area contributed by atoms with E-state index in [2.05, 4.69) is 161 Å². The minimum atomic E-state index is -0.821. The van der Waals surface area contributed by atoms with Crippen molar-refractivity contribution in [1.82, 2.24) is 0 Å². The fourth-order valence-corrected chi connectivity index (χ4v) is 8.55. The summed E-state index contributed by atoms with van der Waals surface area (Å²) in [6.45, 7) is 6.33. The van der Waals surface area contributed by atoms with E-state index in [1.165, 1.54) is 109 Å². The van der Waals surface area contributed by atoms with E-state index in [0.717, 1.165) is 122 Å². The zero-order valence-corrected chi connectivity index (χ0v) is 51.1. The summed E-state index contributed by atoms with van der Waals surface area (Å²) in [5.41, 5.74) is 0. The molecular weight excluding hydrogens is 973 g/mol. The number of esters is 3. The van der Waals surface area contributed by atoms with Crippen LogP contribution < -0.4 is 0 Å². The number of ether oxygens (including phenoxy) is 3. The Morgan fingerprint density at radius 1 is 0.266 bits per heavy atom. The lowest BCUT2D eigenvalue weighted by Gasteiger charge is -2.18. The molecule has 0 heterocycles. The third kappa shape index (κ3) is 64.0. The average Bonchev–Trinajstić information content (AvgIpc) is 3.45. The summed E-state index contributed by atoms with van der Waals surface area (Å²) in [4.78, 5) is 38.3. The van der Waals surface area contributed by atoms with Crippen LogP contribution in [0.25, 0.3) is 0 Å². The maximum absolute atomic E-state index is 12.9. The summed E-state index contributed by atoms with van der Waals surface area (Å²) >= 11 is 0. The predicted molar refractivity (Wildman–Crippen MR) is 343 cm³/mol. The molecule has 0 spiro atoms. The Hall–Kier alpha value is -4.71. The van der Waals surface area contributed by atoms with Crippen LogP contribution in [0.1, 0.15) is 278 Å². The smallest absolute Gasteiger partial charge is 0.306 e. The minimum absolute atomic E-state index is 0.111. The van der Waals surface area contributed by atoms with Gasteiger partial charge in [0.2, 0.25) is 0 Å². The van der Waals surface area contributed by atoms with Gasteiger partial charge >= 0.3 is 17.9 Å². The Labute approximate surface area is 487 Å². The molecule has 0 aromatic heterocycles. The Morgan fingerprint density at radius 3 is 0.848 bits per heavy atom. The Morgan fingerprint density at radius 2 is 0.519 bits per heavy atom. The van der Waals surface area contributed by atoms with Gasteiger partial charge in [0, 0.05) is 19.3 Å². The van der Waals surface area contributed by atoms with Gasteiger partial charge in [0.15, 0.2) is 6.10 Å². The molecule has 6 nitrogen and oxygen atoms in total. The van der Waals surface area contributed by atoms with Crippen LogP contribution in [0, 0.1) is 0 Å². The first-order valence-electron chi connectivity index (χ1n) is 32.3. The van der Waals surface area contributed by atoms with Crippen molar-refractivity contribution in [3.63, 3.8) is 0 Å². The summed E-state index contributed by atoms with van der Waals surface area (Å²) in [5.74, 6) is -1.01. The predicted octanol–water partition coefficient (Wildman–Crippen LogP) is 22.3. The van der Waals surface area contributed by atoms with Gasteiger partial charge in [-0.2, -0.15) is 0 Å². The highest BCUT2D eigenvalue weighted by molar-refractivity contribution is 5.71. The number of allylic oxidation sites excluding steroid dienone is 24. The van der Waals surface area contributed by atoms with Crippen LogP contribution in [0.2, 0.25) is 0 Å². The normalized spacial score (nSPS) is 13.1.